The average molecular weight is 200 g/mol. The smallest absolute Gasteiger partial charge is 0.0722 e. The van der Waals surface area contributed by atoms with Gasteiger partial charge >= 0.3 is 0 Å². The molecule has 0 saturated carbocycles. The average Bonchev–Trinajstić information content (AvgIpc) is 2.30. The number of hydrogen-bond acceptors (Lipinski definition) is 1. The number of fused-ring (bicyclic) bond motifs is 1. The van der Waals surface area contributed by atoms with Crippen molar-refractivity contribution >= 4 is 10.8 Å². The van der Waals surface area contributed by atoms with Gasteiger partial charge in [-0.25, -0.2) is 0 Å². The lowest BCUT2D eigenvalue weighted by atomic mass is 10.1. The molecule has 0 aliphatic carbocycles. The molecule has 0 aliphatic heterocycles. The summed E-state index contributed by atoms with van der Waals surface area (Å²) < 4.78 is 5.58. The molecular formula is C14H16O. The fraction of sp³-hybridized carbons (Fsp3) is 0.286. The molecule has 0 fully saturated rings. The van der Waals surface area contributed by atoms with Crippen molar-refractivity contribution < 1.29 is 4.74 Å². The predicted molar refractivity (Wildman–Crippen MR) is 63.9 cm³/mol. The van der Waals surface area contributed by atoms with Crippen molar-refractivity contribution in [3.05, 3.63) is 48.0 Å². The molecule has 0 bridgehead atoms. The Labute approximate surface area is 90.7 Å². The van der Waals surface area contributed by atoms with Crippen LogP contribution in [0, 0.1) is 0 Å². The first-order valence-corrected chi connectivity index (χ1v) is 5.46. The molecule has 0 heterocycles. The largest absolute Gasteiger partial charge is 0.377 e. The highest BCUT2D eigenvalue weighted by atomic mass is 16.5. The number of ether oxygens (including phenoxy) is 1. The van der Waals surface area contributed by atoms with E-state index in [0.29, 0.717) is 0 Å². The minimum absolute atomic E-state index is 0.717. The van der Waals surface area contributed by atoms with Gasteiger partial charge in [0.15, 0.2) is 0 Å². The van der Waals surface area contributed by atoms with Gasteiger partial charge in [-0.15, -0.1) is 0 Å². The summed E-state index contributed by atoms with van der Waals surface area (Å²) in [6.07, 6.45) is 1.07. The van der Waals surface area contributed by atoms with Crippen molar-refractivity contribution in [2.75, 3.05) is 6.61 Å². The first-order chi connectivity index (χ1) is 7.42. The molecule has 0 unspecified atom stereocenters. The topological polar surface area (TPSA) is 9.23 Å². The van der Waals surface area contributed by atoms with Crippen LogP contribution in [0.25, 0.3) is 10.8 Å². The van der Waals surface area contributed by atoms with Gasteiger partial charge in [0.25, 0.3) is 0 Å². The third-order valence-electron chi connectivity index (χ3n) is 2.49. The molecule has 0 spiro atoms. The van der Waals surface area contributed by atoms with Crippen molar-refractivity contribution in [3.8, 4) is 0 Å². The van der Waals surface area contributed by atoms with Crippen molar-refractivity contribution in [1.82, 2.24) is 0 Å². The first kappa shape index (κ1) is 10.2. The summed E-state index contributed by atoms with van der Waals surface area (Å²) in [6, 6.07) is 14.8. The molecule has 0 aromatic heterocycles. The number of benzene rings is 2. The summed E-state index contributed by atoms with van der Waals surface area (Å²) >= 11 is 0. The molecular weight excluding hydrogens is 184 g/mol. The molecule has 0 radical (unpaired) electrons. The molecule has 0 aliphatic rings. The van der Waals surface area contributed by atoms with Gasteiger partial charge in [0.05, 0.1) is 6.61 Å². The van der Waals surface area contributed by atoms with E-state index >= 15 is 0 Å². The Bertz CT molecular complexity index is 429. The van der Waals surface area contributed by atoms with E-state index in [1.54, 1.807) is 0 Å². The lowest BCUT2D eigenvalue weighted by Gasteiger charge is -2.06. The van der Waals surface area contributed by atoms with Crippen molar-refractivity contribution in [2.24, 2.45) is 0 Å². The Morgan fingerprint density at radius 3 is 2.67 bits per heavy atom. The zero-order valence-electron chi connectivity index (χ0n) is 9.07. The third-order valence-corrected chi connectivity index (χ3v) is 2.49. The summed E-state index contributed by atoms with van der Waals surface area (Å²) in [5, 5.41) is 2.59. The SMILES string of the molecule is CCCOCc1cccc2ccccc12. The summed E-state index contributed by atoms with van der Waals surface area (Å²) in [7, 11) is 0. The van der Waals surface area contributed by atoms with Crippen LogP contribution >= 0.6 is 0 Å². The van der Waals surface area contributed by atoms with Gasteiger partial charge in [-0.1, -0.05) is 49.4 Å². The summed E-state index contributed by atoms with van der Waals surface area (Å²) in [5.41, 5.74) is 1.28. The molecule has 1 heteroatoms. The van der Waals surface area contributed by atoms with Gasteiger partial charge < -0.3 is 4.74 Å². The van der Waals surface area contributed by atoms with E-state index in [1.165, 1.54) is 16.3 Å². The van der Waals surface area contributed by atoms with E-state index in [4.69, 9.17) is 4.74 Å². The Balaban J connectivity index is 2.26. The Morgan fingerprint density at radius 2 is 1.80 bits per heavy atom. The van der Waals surface area contributed by atoms with Crippen LogP contribution in [0.2, 0.25) is 0 Å². The molecule has 0 saturated heterocycles. The molecule has 2 aromatic carbocycles. The maximum absolute atomic E-state index is 5.58. The van der Waals surface area contributed by atoms with Crippen LogP contribution in [0.3, 0.4) is 0 Å². The quantitative estimate of drug-likeness (QED) is 0.683. The molecule has 0 atom stereocenters. The maximum atomic E-state index is 5.58. The van der Waals surface area contributed by atoms with Crippen molar-refractivity contribution in [1.29, 1.82) is 0 Å². The molecule has 1 nitrogen and oxygen atoms in total. The maximum Gasteiger partial charge on any atom is 0.0722 e. The standard InChI is InChI=1S/C14H16O/c1-2-10-15-11-13-8-5-7-12-6-3-4-9-14(12)13/h3-9H,2,10-11H2,1H3. The van der Waals surface area contributed by atoms with Crippen LogP contribution in [0.1, 0.15) is 18.9 Å². The summed E-state index contributed by atoms with van der Waals surface area (Å²) in [6.45, 7) is 3.68. The van der Waals surface area contributed by atoms with Crippen LogP contribution in [-0.4, -0.2) is 6.61 Å². The fourth-order valence-electron chi connectivity index (χ4n) is 1.74. The zero-order valence-corrected chi connectivity index (χ0v) is 9.07. The van der Waals surface area contributed by atoms with E-state index in [9.17, 15) is 0 Å². The minimum Gasteiger partial charge on any atom is -0.377 e. The second kappa shape index (κ2) is 4.94. The second-order valence-corrected chi connectivity index (χ2v) is 3.69. The van der Waals surface area contributed by atoms with Gasteiger partial charge in [0, 0.05) is 6.61 Å². The van der Waals surface area contributed by atoms with Crippen LogP contribution in [-0.2, 0) is 11.3 Å². The highest BCUT2D eigenvalue weighted by molar-refractivity contribution is 5.85. The van der Waals surface area contributed by atoms with Crippen molar-refractivity contribution in [3.63, 3.8) is 0 Å². The highest BCUT2D eigenvalue weighted by Gasteiger charge is 1.99. The van der Waals surface area contributed by atoms with Gasteiger partial charge in [-0.3, -0.25) is 0 Å². The minimum atomic E-state index is 0.717. The van der Waals surface area contributed by atoms with Gasteiger partial charge in [0.2, 0.25) is 0 Å². The highest BCUT2D eigenvalue weighted by Crippen LogP contribution is 2.18. The normalized spacial score (nSPS) is 10.7. The molecule has 2 aromatic rings. The Hall–Kier alpha value is -1.34. The molecule has 15 heavy (non-hydrogen) atoms. The first-order valence-electron chi connectivity index (χ1n) is 5.46. The van der Waals surface area contributed by atoms with Crippen LogP contribution in [0.15, 0.2) is 42.5 Å². The molecule has 0 N–H and O–H groups in total. The van der Waals surface area contributed by atoms with E-state index in [-0.39, 0.29) is 0 Å². The zero-order chi connectivity index (χ0) is 10.5. The van der Waals surface area contributed by atoms with Crippen molar-refractivity contribution in [2.45, 2.75) is 20.0 Å². The van der Waals surface area contributed by atoms with Crippen LogP contribution in [0.4, 0.5) is 0 Å². The monoisotopic (exact) mass is 200 g/mol. The summed E-state index contributed by atoms with van der Waals surface area (Å²) in [5.74, 6) is 0. The Kier molecular flexibility index (Phi) is 3.36. The van der Waals surface area contributed by atoms with Crippen LogP contribution < -0.4 is 0 Å². The third kappa shape index (κ3) is 2.37. The molecule has 2 rings (SSSR count). The molecule has 0 amide bonds. The van der Waals surface area contributed by atoms with E-state index in [1.807, 2.05) is 0 Å². The van der Waals surface area contributed by atoms with Crippen LogP contribution in [0.5, 0.6) is 0 Å². The lowest BCUT2D eigenvalue weighted by molar-refractivity contribution is 0.122. The Morgan fingerprint density at radius 1 is 1.00 bits per heavy atom. The van der Waals surface area contributed by atoms with Gasteiger partial charge in [-0.05, 0) is 22.8 Å². The molecule has 78 valence electrons. The summed E-state index contributed by atoms with van der Waals surface area (Å²) in [4.78, 5) is 0. The second-order valence-electron chi connectivity index (χ2n) is 3.69. The lowest BCUT2D eigenvalue weighted by Crippen LogP contribution is -1.94. The van der Waals surface area contributed by atoms with E-state index < -0.39 is 0 Å². The fourth-order valence-corrected chi connectivity index (χ4v) is 1.74. The van der Waals surface area contributed by atoms with E-state index in [0.717, 1.165) is 19.6 Å². The predicted octanol–water partition coefficient (Wildman–Crippen LogP) is 3.77. The number of hydrogen-bond donors (Lipinski definition) is 0. The number of rotatable bonds is 4. The van der Waals surface area contributed by atoms with E-state index in [2.05, 4.69) is 49.4 Å². The van der Waals surface area contributed by atoms with Gasteiger partial charge in [-0.2, -0.15) is 0 Å². The van der Waals surface area contributed by atoms with Gasteiger partial charge in [0.1, 0.15) is 0 Å².